The molecule has 0 radical (unpaired) electrons. The van der Waals surface area contributed by atoms with Crippen LogP contribution in [0.4, 0.5) is 0 Å². The van der Waals surface area contributed by atoms with E-state index in [-0.39, 0.29) is 52.5 Å². The molecule has 0 N–H and O–H groups in total. The summed E-state index contributed by atoms with van der Waals surface area (Å²) in [4.78, 5) is 26.5. The maximum absolute atomic E-state index is 12.9. The third-order valence-corrected chi connectivity index (χ3v) is 15.6. The zero-order chi connectivity index (χ0) is 31.6. The van der Waals surface area contributed by atoms with Gasteiger partial charge in [0.15, 0.2) is 20.4 Å². The number of ketones is 1. The molecule has 0 bridgehead atoms. The summed E-state index contributed by atoms with van der Waals surface area (Å²) in [5.74, 6) is 0.162. The number of hydrogen-bond donors (Lipinski definition) is 0. The van der Waals surface area contributed by atoms with Crippen LogP contribution >= 0.6 is 22.9 Å². The Bertz CT molecular complexity index is 1040. The van der Waals surface area contributed by atoms with Crippen LogP contribution in [0.2, 0.25) is 18.1 Å². The SMILES string of the molecule is COC(=O)c1ccc(CCC[C@@H]2[C@H](C=CC(=O)CCCC[C@@H](C)O[Si](C)(C)C(C)(C)C)[C@H](OC3CCCCO3)C[C@@H]2Cl)s1. The number of carbonyl (C=O) groups excluding carboxylic acids is 2. The van der Waals surface area contributed by atoms with Gasteiger partial charge in [-0.3, -0.25) is 4.79 Å². The van der Waals surface area contributed by atoms with Gasteiger partial charge in [0.2, 0.25) is 0 Å². The largest absolute Gasteiger partial charge is 0.465 e. The van der Waals surface area contributed by atoms with Gasteiger partial charge in [-0.05, 0) is 107 Å². The summed E-state index contributed by atoms with van der Waals surface area (Å²) < 4.78 is 23.7. The Morgan fingerprint density at radius 3 is 2.63 bits per heavy atom. The fraction of sp³-hybridized carbons (Fsp3) is 0.765. The number of carbonyl (C=O) groups is 2. The van der Waals surface area contributed by atoms with E-state index in [1.165, 1.54) is 23.3 Å². The zero-order valence-electron chi connectivity index (χ0n) is 27.5. The minimum Gasteiger partial charge on any atom is -0.465 e. The molecule has 1 unspecified atom stereocenters. The smallest absolute Gasteiger partial charge is 0.348 e. The van der Waals surface area contributed by atoms with E-state index in [2.05, 4.69) is 46.9 Å². The molecule has 244 valence electrons. The van der Waals surface area contributed by atoms with Crippen LogP contribution in [0.5, 0.6) is 0 Å². The topological polar surface area (TPSA) is 71.1 Å². The maximum Gasteiger partial charge on any atom is 0.348 e. The van der Waals surface area contributed by atoms with E-state index >= 15 is 0 Å². The van der Waals surface area contributed by atoms with E-state index in [1.807, 2.05) is 12.1 Å². The normalized spacial score (nSPS) is 25.7. The van der Waals surface area contributed by atoms with Gasteiger partial charge in [-0.25, -0.2) is 4.79 Å². The maximum atomic E-state index is 12.9. The Balaban J connectivity index is 1.54. The van der Waals surface area contributed by atoms with Crippen molar-refractivity contribution in [1.82, 2.24) is 0 Å². The van der Waals surface area contributed by atoms with E-state index in [0.29, 0.717) is 11.3 Å². The number of allylic oxidation sites excluding steroid dienone is 1. The molecule has 3 rings (SSSR count). The fourth-order valence-electron chi connectivity index (χ4n) is 5.88. The van der Waals surface area contributed by atoms with Crippen LogP contribution < -0.4 is 0 Å². The number of thiophene rings is 1. The van der Waals surface area contributed by atoms with Gasteiger partial charge in [0.1, 0.15) is 4.88 Å². The second kappa shape index (κ2) is 17.0. The van der Waals surface area contributed by atoms with Crippen LogP contribution in [-0.2, 0) is 29.9 Å². The second-order valence-electron chi connectivity index (χ2n) is 13.9. The highest BCUT2D eigenvalue weighted by atomic mass is 35.5. The van der Waals surface area contributed by atoms with Crippen molar-refractivity contribution in [2.75, 3.05) is 13.7 Å². The lowest BCUT2D eigenvalue weighted by molar-refractivity contribution is -0.192. The number of ether oxygens (including phenoxy) is 3. The molecule has 1 saturated heterocycles. The van der Waals surface area contributed by atoms with Gasteiger partial charge in [-0.2, -0.15) is 0 Å². The van der Waals surface area contributed by atoms with E-state index < -0.39 is 8.32 Å². The van der Waals surface area contributed by atoms with Gasteiger partial charge in [0.05, 0.1) is 13.2 Å². The first-order chi connectivity index (χ1) is 20.3. The third kappa shape index (κ3) is 11.4. The molecular weight excluding hydrogens is 600 g/mol. The summed E-state index contributed by atoms with van der Waals surface area (Å²) >= 11 is 8.43. The molecular formula is C34H55ClO6SSi. The molecule has 0 aromatic carbocycles. The number of unbranched alkanes of at least 4 members (excludes halogenated alkanes) is 1. The predicted molar refractivity (Wildman–Crippen MR) is 179 cm³/mol. The highest BCUT2D eigenvalue weighted by Gasteiger charge is 2.43. The Labute approximate surface area is 270 Å². The van der Waals surface area contributed by atoms with E-state index in [9.17, 15) is 9.59 Å². The standard InChI is InChI=1S/C34H55ClO6SSi/c1-24(41-43(6,7)34(2,3)4)13-8-9-14-25(36)18-20-28-27(16-12-15-26-19-21-31(42-26)33(37)38-5)29(35)23-30(28)40-32-17-10-11-22-39-32/h18-21,24,27-30,32H,8-17,22-23H2,1-7H3/t24-,27-,28+,29+,30-,32?/m1/s1. The number of halogens is 1. The lowest BCUT2D eigenvalue weighted by atomic mass is 9.89. The Kier molecular flexibility index (Phi) is 14.4. The van der Waals surface area contributed by atoms with Gasteiger partial charge < -0.3 is 18.6 Å². The summed E-state index contributed by atoms with van der Waals surface area (Å²) in [6.07, 6.45) is 13.8. The molecule has 6 nitrogen and oxygen atoms in total. The molecule has 0 spiro atoms. The number of esters is 1. The lowest BCUT2D eigenvalue weighted by Crippen LogP contribution is -2.43. The Hall–Kier alpha value is -1.03. The molecule has 2 heterocycles. The summed E-state index contributed by atoms with van der Waals surface area (Å²) in [5, 5.41) is 0.180. The first-order valence-electron chi connectivity index (χ1n) is 16.3. The minimum absolute atomic E-state index is 0.0188. The van der Waals surface area contributed by atoms with Crippen LogP contribution in [0, 0.1) is 11.8 Å². The number of methoxy groups -OCH3 is 1. The summed E-state index contributed by atoms with van der Waals surface area (Å²) in [6, 6.07) is 3.84. The fourth-order valence-corrected chi connectivity index (χ4v) is 8.79. The van der Waals surface area contributed by atoms with Crippen molar-refractivity contribution in [3.63, 3.8) is 0 Å². The average molecular weight is 655 g/mol. The van der Waals surface area contributed by atoms with Crippen LogP contribution in [0.3, 0.4) is 0 Å². The molecule has 0 amide bonds. The number of alkyl halides is 1. The van der Waals surface area contributed by atoms with Crippen molar-refractivity contribution in [2.45, 2.75) is 140 Å². The molecule has 6 atom stereocenters. The lowest BCUT2D eigenvalue weighted by Gasteiger charge is -2.38. The minimum atomic E-state index is -1.78. The first kappa shape index (κ1) is 36.4. The molecule has 43 heavy (non-hydrogen) atoms. The van der Waals surface area contributed by atoms with Crippen molar-refractivity contribution < 1.29 is 28.2 Å². The van der Waals surface area contributed by atoms with E-state index in [1.54, 1.807) is 6.08 Å². The van der Waals surface area contributed by atoms with Crippen molar-refractivity contribution in [2.24, 2.45) is 11.8 Å². The van der Waals surface area contributed by atoms with E-state index in [0.717, 1.165) is 70.8 Å². The quantitative estimate of drug-likeness (QED) is 0.0582. The number of rotatable bonds is 16. The molecule has 1 aliphatic heterocycles. The molecule has 2 aliphatic rings. The van der Waals surface area contributed by atoms with Crippen molar-refractivity contribution >= 4 is 43.0 Å². The highest BCUT2D eigenvalue weighted by Crippen LogP contribution is 2.43. The molecule has 2 fully saturated rings. The van der Waals surface area contributed by atoms with Gasteiger partial charge >= 0.3 is 5.97 Å². The number of hydrogen-bond acceptors (Lipinski definition) is 7. The van der Waals surface area contributed by atoms with Crippen molar-refractivity contribution in [1.29, 1.82) is 0 Å². The Morgan fingerprint density at radius 2 is 1.95 bits per heavy atom. The van der Waals surface area contributed by atoms with Crippen LogP contribution in [-0.4, -0.2) is 57.7 Å². The first-order valence-corrected chi connectivity index (χ1v) is 20.4. The number of aryl methyl sites for hydroxylation is 1. The van der Waals surface area contributed by atoms with Crippen LogP contribution in [0.25, 0.3) is 0 Å². The third-order valence-electron chi connectivity index (χ3n) is 9.41. The van der Waals surface area contributed by atoms with E-state index in [4.69, 9.17) is 30.2 Å². The predicted octanol–water partition coefficient (Wildman–Crippen LogP) is 9.11. The van der Waals surface area contributed by atoms with Crippen LogP contribution in [0.1, 0.15) is 106 Å². The average Bonchev–Trinajstić information content (AvgIpc) is 3.53. The highest BCUT2D eigenvalue weighted by molar-refractivity contribution is 7.13. The molecule has 1 aromatic heterocycles. The molecule has 1 saturated carbocycles. The zero-order valence-corrected chi connectivity index (χ0v) is 30.1. The van der Waals surface area contributed by atoms with Gasteiger partial charge in [0, 0.05) is 35.3 Å². The summed E-state index contributed by atoms with van der Waals surface area (Å²) in [6.45, 7) is 14.3. The van der Waals surface area contributed by atoms with Crippen molar-refractivity contribution in [3.8, 4) is 0 Å². The molecule has 1 aliphatic carbocycles. The van der Waals surface area contributed by atoms with Gasteiger partial charge in [0.25, 0.3) is 0 Å². The van der Waals surface area contributed by atoms with Gasteiger partial charge in [-0.15, -0.1) is 22.9 Å². The monoisotopic (exact) mass is 654 g/mol. The molecule has 1 aromatic rings. The Morgan fingerprint density at radius 1 is 1.19 bits per heavy atom. The van der Waals surface area contributed by atoms with Crippen molar-refractivity contribution in [3.05, 3.63) is 34.0 Å². The molecule has 9 heteroatoms. The summed E-state index contributed by atoms with van der Waals surface area (Å²) in [5.41, 5.74) is 0. The summed E-state index contributed by atoms with van der Waals surface area (Å²) in [7, 11) is -0.368. The van der Waals surface area contributed by atoms with Gasteiger partial charge in [-0.1, -0.05) is 33.3 Å². The second-order valence-corrected chi connectivity index (χ2v) is 20.4. The van der Waals surface area contributed by atoms with Crippen LogP contribution in [0.15, 0.2) is 24.3 Å².